The van der Waals surface area contributed by atoms with E-state index in [4.69, 9.17) is 9.47 Å². The third-order valence-corrected chi connectivity index (χ3v) is 4.91. The van der Waals surface area contributed by atoms with Gasteiger partial charge in [-0.1, -0.05) is 6.07 Å². The summed E-state index contributed by atoms with van der Waals surface area (Å²) in [5, 5.41) is 14.7. The number of amides is 2. The van der Waals surface area contributed by atoms with Gasteiger partial charge in [0.25, 0.3) is 11.8 Å². The highest BCUT2D eigenvalue weighted by atomic mass is 19.1. The number of nitrogens with zero attached hydrogens (tertiary/aromatic N) is 1. The molecule has 0 saturated heterocycles. The van der Waals surface area contributed by atoms with E-state index in [1.165, 1.54) is 74.9 Å². The number of ether oxygens (including phenoxy) is 3. The highest BCUT2D eigenvalue weighted by molar-refractivity contribution is 6.09. The van der Waals surface area contributed by atoms with E-state index in [0.717, 1.165) is 0 Å². The molecule has 9 nitrogen and oxygen atoms in total. The number of carbonyl (C=O) groups excluding carboxylic acids is 3. The molecule has 0 atom stereocenters. The van der Waals surface area contributed by atoms with E-state index in [-0.39, 0.29) is 23.7 Å². The second-order valence-electron chi connectivity index (χ2n) is 7.45. The van der Waals surface area contributed by atoms with Crippen LogP contribution < -0.4 is 20.1 Å². The molecule has 0 spiro atoms. The SMILES string of the molecule is COC(=O)c1ccc(NC(=O)/C(C#N)=C\c2ccc(OCC(=O)Nc3ccc(F)cc3)c(OC)c2)cc1. The molecule has 0 aliphatic heterocycles. The van der Waals surface area contributed by atoms with Crippen molar-refractivity contribution in [3.8, 4) is 17.6 Å². The van der Waals surface area contributed by atoms with Gasteiger partial charge in [-0.15, -0.1) is 0 Å². The van der Waals surface area contributed by atoms with Crippen LogP contribution in [0.3, 0.4) is 0 Å². The molecule has 2 amide bonds. The van der Waals surface area contributed by atoms with Gasteiger partial charge in [-0.05, 0) is 72.3 Å². The van der Waals surface area contributed by atoms with Crippen LogP contribution in [-0.2, 0) is 14.3 Å². The first-order chi connectivity index (χ1) is 17.8. The molecule has 0 fully saturated rings. The topological polar surface area (TPSA) is 127 Å². The van der Waals surface area contributed by atoms with Crippen molar-refractivity contribution < 1.29 is 33.0 Å². The highest BCUT2D eigenvalue weighted by Gasteiger charge is 2.13. The van der Waals surface area contributed by atoms with Crippen LogP contribution in [0.2, 0.25) is 0 Å². The predicted octanol–water partition coefficient (Wildman–Crippen LogP) is 4.18. The first-order valence-electron chi connectivity index (χ1n) is 10.8. The zero-order valence-electron chi connectivity index (χ0n) is 19.9. The van der Waals surface area contributed by atoms with E-state index in [2.05, 4.69) is 15.4 Å². The lowest BCUT2D eigenvalue weighted by Gasteiger charge is -2.12. The number of nitrogens with one attached hydrogen (secondary N) is 2. The van der Waals surface area contributed by atoms with Gasteiger partial charge in [-0.3, -0.25) is 9.59 Å². The van der Waals surface area contributed by atoms with Crippen molar-refractivity contribution in [2.75, 3.05) is 31.5 Å². The molecule has 0 bridgehead atoms. The molecule has 0 unspecified atom stereocenters. The molecule has 0 saturated carbocycles. The summed E-state index contributed by atoms with van der Waals surface area (Å²) in [5.41, 5.74) is 1.43. The van der Waals surface area contributed by atoms with E-state index in [0.29, 0.717) is 22.5 Å². The van der Waals surface area contributed by atoms with Crippen molar-refractivity contribution in [1.29, 1.82) is 5.26 Å². The number of anilines is 2. The van der Waals surface area contributed by atoms with Crippen molar-refractivity contribution in [2.24, 2.45) is 0 Å². The lowest BCUT2D eigenvalue weighted by molar-refractivity contribution is -0.118. The molecule has 0 aliphatic carbocycles. The standard InChI is InChI=1S/C27H22FN3O6/c1-35-24-14-17(3-12-23(24)37-16-25(32)30-21-10-6-20(28)7-11-21)13-19(15-29)26(33)31-22-8-4-18(5-9-22)27(34)36-2/h3-14H,16H2,1-2H3,(H,30,32)(H,31,33)/b19-13-. The summed E-state index contributed by atoms with van der Waals surface area (Å²) in [6, 6.07) is 17.8. The highest BCUT2D eigenvalue weighted by Crippen LogP contribution is 2.29. The summed E-state index contributed by atoms with van der Waals surface area (Å²) >= 11 is 0. The maximum absolute atomic E-state index is 13.0. The molecule has 2 N–H and O–H groups in total. The van der Waals surface area contributed by atoms with Crippen LogP contribution in [0.5, 0.6) is 11.5 Å². The molecule has 0 aliphatic rings. The van der Waals surface area contributed by atoms with Crippen molar-refractivity contribution >= 4 is 35.2 Å². The molecule has 0 heterocycles. The van der Waals surface area contributed by atoms with Crippen LogP contribution in [0.15, 0.2) is 72.3 Å². The molecule has 0 aromatic heterocycles. The number of hydrogen-bond acceptors (Lipinski definition) is 7. The average molecular weight is 503 g/mol. The number of methoxy groups -OCH3 is 2. The molecule has 37 heavy (non-hydrogen) atoms. The fourth-order valence-corrected chi connectivity index (χ4v) is 3.09. The lowest BCUT2D eigenvalue weighted by atomic mass is 10.1. The second-order valence-corrected chi connectivity index (χ2v) is 7.45. The number of carbonyl (C=O) groups is 3. The zero-order valence-corrected chi connectivity index (χ0v) is 19.9. The maximum Gasteiger partial charge on any atom is 0.337 e. The Morgan fingerprint density at radius 2 is 1.57 bits per heavy atom. The molecule has 188 valence electrons. The number of hydrogen-bond donors (Lipinski definition) is 2. The molecule has 3 rings (SSSR count). The van der Waals surface area contributed by atoms with Crippen LogP contribution in [-0.4, -0.2) is 38.6 Å². The van der Waals surface area contributed by atoms with E-state index < -0.39 is 23.6 Å². The smallest absolute Gasteiger partial charge is 0.337 e. The van der Waals surface area contributed by atoms with Crippen LogP contribution in [0.4, 0.5) is 15.8 Å². The number of rotatable bonds is 9. The van der Waals surface area contributed by atoms with Crippen molar-refractivity contribution in [3.05, 3.63) is 89.2 Å². The minimum atomic E-state index is -0.648. The quantitative estimate of drug-likeness (QED) is 0.255. The number of esters is 1. The summed E-state index contributed by atoms with van der Waals surface area (Å²) in [4.78, 5) is 36.2. The number of halogens is 1. The summed E-state index contributed by atoms with van der Waals surface area (Å²) in [5.74, 6) is -1.49. The Balaban J connectivity index is 1.66. The third-order valence-electron chi connectivity index (χ3n) is 4.91. The van der Waals surface area contributed by atoms with Crippen LogP contribution in [0.25, 0.3) is 6.08 Å². The second kappa shape index (κ2) is 12.5. The Labute approximate surface area is 212 Å². The van der Waals surface area contributed by atoms with Gasteiger partial charge >= 0.3 is 5.97 Å². The Morgan fingerprint density at radius 3 is 2.19 bits per heavy atom. The Hall–Kier alpha value is -5.17. The summed E-state index contributed by atoms with van der Waals surface area (Å²) < 4.78 is 28.5. The monoisotopic (exact) mass is 503 g/mol. The van der Waals surface area contributed by atoms with Crippen LogP contribution in [0.1, 0.15) is 15.9 Å². The molecular formula is C27H22FN3O6. The van der Waals surface area contributed by atoms with Gasteiger partial charge in [0.05, 0.1) is 19.8 Å². The Morgan fingerprint density at radius 1 is 0.919 bits per heavy atom. The maximum atomic E-state index is 13.0. The van der Waals surface area contributed by atoms with Gasteiger partial charge in [0.2, 0.25) is 0 Å². The first-order valence-corrected chi connectivity index (χ1v) is 10.8. The number of nitriles is 1. The molecular weight excluding hydrogens is 481 g/mol. The summed E-state index contributed by atoms with van der Waals surface area (Å²) in [6.45, 7) is -0.330. The van der Waals surface area contributed by atoms with E-state index in [9.17, 15) is 24.0 Å². The van der Waals surface area contributed by atoms with E-state index >= 15 is 0 Å². The lowest BCUT2D eigenvalue weighted by Crippen LogP contribution is -2.20. The zero-order chi connectivity index (χ0) is 26.8. The van der Waals surface area contributed by atoms with Crippen molar-refractivity contribution in [2.45, 2.75) is 0 Å². The van der Waals surface area contributed by atoms with Gasteiger partial charge in [-0.2, -0.15) is 5.26 Å². The Bertz CT molecular complexity index is 1360. The molecule has 3 aromatic rings. The molecule has 0 radical (unpaired) electrons. The predicted molar refractivity (Wildman–Crippen MR) is 134 cm³/mol. The first kappa shape index (κ1) is 26.4. The van der Waals surface area contributed by atoms with Crippen molar-refractivity contribution in [1.82, 2.24) is 0 Å². The van der Waals surface area contributed by atoms with Gasteiger partial charge in [0.15, 0.2) is 18.1 Å². The molecule has 3 aromatic carbocycles. The minimum Gasteiger partial charge on any atom is -0.493 e. The Kier molecular flexibility index (Phi) is 8.94. The fourth-order valence-electron chi connectivity index (χ4n) is 3.09. The molecule has 10 heteroatoms. The summed E-state index contributed by atoms with van der Waals surface area (Å²) in [7, 11) is 2.67. The average Bonchev–Trinajstić information content (AvgIpc) is 2.91. The van der Waals surface area contributed by atoms with Crippen LogP contribution in [0, 0.1) is 17.1 Å². The van der Waals surface area contributed by atoms with E-state index in [1.807, 2.05) is 6.07 Å². The van der Waals surface area contributed by atoms with E-state index in [1.54, 1.807) is 12.1 Å². The third kappa shape index (κ3) is 7.40. The fraction of sp³-hybridized carbons (Fsp3) is 0.111. The van der Waals surface area contributed by atoms with Crippen LogP contribution >= 0.6 is 0 Å². The summed E-state index contributed by atoms with van der Waals surface area (Å²) in [6.07, 6.45) is 1.37. The normalized spacial score (nSPS) is 10.6. The minimum absolute atomic E-state index is 0.175. The van der Waals surface area contributed by atoms with Gasteiger partial charge < -0.3 is 24.8 Å². The largest absolute Gasteiger partial charge is 0.493 e. The van der Waals surface area contributed by atoms with Gasteiger partial charge in [0.1, 0.15) is 17.5 Å². The van der Waals surface area contributed by atoms with Gasteiger partial charge in [0, 0.05) is 11.4 Å². The van der Waals surface area contributed by atoms with Crippen molar-refractivity contribution in [3.63, 3.8) is 0 Å². The van der Waals surface area contributed by atoms with Gasteiger partial charge in [-0.25, -0.2) is 9.18 Å². The number of benzene rings is 3.